The summed E-state index contributed by atoms with van der Waals surface area (Å²) < 4.78 is 1.72. The zero-order valence-corrected chi connectivity index (χ0v) is 10.4. The summed E-state index contributed by atoms with van der Waals surface area (Å²) in [5.74, 6) is 0. The van der Waals surface area contributed by atoms with Crippen molar-refractivity contribution in [3.8, 4) is 0 Å². The van der Waals surface area contributed by atoms with Gasteiger partial charge in [0.05, 0.1) is 5.69 Å². The van der Waals surface area contributed by atoms with Gasteiger partial charge in [-0.3, -0.25) is 4.68 Å². The molecule has 1 atom stereocenters. The summed E-state index contributed by atoms with van der Waals surface area (Å²) in [6.07, 6.45) is 3.13. The van der Waals surface area contributed by atoms with Crippen LogP contribution in [0.1, 0.15) is 22.9 Å². The molecule has 0 aliphatic carbocycles. The van der Waals surface area contributed by atoms with Crippen LogP contribution in [-0.4, -0.2) is 19.9 Å². The number of aliphatic hydroxyl groups excluding tert-OH is 1. The first-order valence-electron chi connectivity index (χ1n) is 5.90. The molecule has 0 fully saturated rings. The Morgan fingerprint density at radius 1 is 1.33 bits per heavy atom. The van der Waals surface area contributed by atoms with Gasteiger partial charge in [-0.25, -0.2) is 0 Å². The molecule has 0 aliphatic heterocycles. The van der Waals surface area contributed by atoms with E-state index >= 15 is 0 Å². The van der Waals surface area contributed by atoms with Crippen LogP contribution in [0, 0.1) is 6.92 Å². The van der Waals surface area contributed by atoms with Gasteiger partial charge in [0.1, 0.15) is 6.10 Å². The number of aryl methyl sites for hydroxylation is 2. The van der Waals surface area contributed by atoms with Crippen LogP contribution in [0.3, 0.4) is 0 Å². The molecule has 2 aromatic heterocycles. The van der Waals surface area contributed by atoms with Crippen LogP contribution in [0.2, 0.25) is 0 Å². The summed E-state index contributed by atoms with van der Waals surface area (Å²) in [6, 6.07) is 7.93. The van der Waals surface area contributed by atoms with Crippen molar-refractivity contribution in [3.63, 3.8) is 0 Å². The summed E-state index contributed by atoms with van der Waals surface area (Å²) in [5.41, 5.74) is 3.68. The van der Waals surface area contributed by atoms with Crippen molar-refractivity contribution in [1.29, 1.82) is 0 Å². The summed E-state index contributed by atoms with van der Waals surface area (Å²) in [7, 11) is 1.86. The first-order valence-corrected chi connectivity index (χ1v) is 5.90. The minimum atomic E-state index is -0.627. The maximum Gasteiger partial charge on any atom is 0.107 e. The Labute approximate surface area is 105 Å². The molecule has 4 nitrogen and oxygen atoms in total. The van der Waals surface area contributed by atoms with Crippen molar-refractivity contribution in [2.45, 2.75) is 13.0 Å². The molecule has 3 rings (SSSR count). The van der Waals surface area contributed by atoms with Crippen molar-refractivity contribution in [2.24, 2.45) is 7.05 Å². The fourth-order valence-electron chi connectivity index (χ4n) is 2.31. The highest BCUT2D eigenvalue weighted by atomic mass is 16.3. The lowest BCUT2D eigenvalue weighted by Gasteiger charge is -2.10. The van der Waals surface area contributed by atoms with Crippen molar-refractivity contribution in [1.82, 2.24) is 14.8 Å². The minimum Gasteiger partial charge on any atom is -0.384 e. The molecule has 2 heterocycles. The van der Waals surface area contributed by atoms with Gasteiger partial charge in [-0.05, 0) is 36.1 Å². The standard InChI is InChI=1S/C14H15N3O/c1-9-12(8-17(2)16-9)14(18)11-3-4-13-10(7-11)5-6-15-13/h3-8,14-15,18H,1-2H3. The highest BCUT2D eigenvalue weighted by Gasteiger charge is 2.16. The third kappa shape index (κ3) is 1.71. The molecule has 2 N–H and O–H groups in total. The van der Waals surface area contributed by atoms with Gasteiger partial charge in [-0.1, -0.05) is 6.07 Å². The molecule has 3 aromatic rings. The first kappa shape index (κ1) is 11.0. The Morgan fingerprint density at radius 2 is 2.17 bits per heavy atom. The largest absolute Gasteiger partial charge is 0.384 e. The second-order valence-electron chi connectivity index (χ2n) is 4.57. The first-order chi connectivity index (χ1) is 8.65. The molecule has 92 valence electrons. The third-order valence-corrected chi connectivity index (χ3v) is 3.24. The molecular weight excluding hydrogens is 226 g/mol. The zero-order chi connectivity index (χ0) is 12.7. The van der Waals surface area contributed by atoms with E-state index in [1.54, 1.807) is 4.68 Å². The van der Waals surface area contributed by atoms with Crippen molar-refractivity contribution in [3.05, 3.63) is 53.5 Å². The van der Waals surface area contributed by atoms with Gasteiger partial charge in [0.25, 0.3) is 0 Å². The Morgan fingerprint density at radius 3 is 2.89 bits per heavy atom. The minimum absolute atomic E-state index is 0.627. The van der Waals surface area contributed by atoms with Gasteiger partial charge in [-0.15, -0.1) is 0 Å². The van der Waals surface area contributed by atoms with Crippen LogP contribution in [0.5, 0.6) is 0 Å². The molecule has 0 spiro atoms. The number of benzene rings is 1. The number of hydrogen-bond acceptors (Lipinski definition) is 2. The van der Waals surface area contributed by atoms with Gasteiger partial charge < -0.3 is 10.1 Å². The van der Waals surface area contributed by atoms with Crippen LogP contribution < -0.4 is 0 Å². The number of nitrogens with zero attached hydrogens (tertiary/aromatic N) is 2. The second kappa shape index (κ2) is 3.99. The average Bonchev–Trinajstić information content (AvgIpc) is 2.93. The molecule has 0 radical (unpaired) electrons. The molecule has 0 saturated carbocycles. The van der Waals surface area contributed by atoms with E-state index in [1.807, 2.05) is 50.6 Å². The molecule has 1 unspecified atom stereocenters. The molecular formula is C14H15N3O. The van der Waals surface area contributed by atoms with Gasteiger partial charge in [0, 0.05) is 30.5 Å². The van der Waals surface area contributed by atoms with E-state index in [9.17, 15) is 5.11 Å². The van der Waals surface area contributed by atoms with Crippen LogP contribution in [0.4, 0.5) is 0 Å². The number of fused-ring (bicyclic) bond motifs is 1. The Kier molecular flexibility index (Phi) is 2.45. The van der Waals surface area contributed by atoms with E-state index in [4.69, 9.17) is 0 Å². The van der Waals surface area contributed by atoms with Crippen LogP contribution in [0.25, 0.3) is 10.9 Å². The van der Waals surface area contributed by atoms with Crippen molar-refractivity contribution >= 4 is 10.9 Å². The number of aliphatic hydroxyl groups is 1. The van der Waals surface area contributed by atoms with Crippen LogP contribution in [0.15, 0.2) is 36.7 Å². The monoisotopic (exact) mass is 241 g/mol. The second-order valence-corrected chi connectivity index (χ2v) is 4.57. The number of aromatic amines is 1. The molecule has 4 heteroatoms. The topological polar surface area (TPSA) is 53.8 Å². The fourth-order valence-corrected chi connectivity index (χ4v) is 2.31. The van der Waals surface area contributed by atoms with Gasteiger partial charge in [-0.2, -0.15) is 5.10 Å². The third-order valence-electron chi connectivity index (χ3n) is 3.24. The maximum atomic E-state index is 10.4. The summed E-state index contributed by atoms with van der Waals surface area (Å²) in [5, 5.41) is 15.8. The number of rotatable bonds is 2. The SMILES string of the molecule is Cc1nn(C)cc1C(O)c1ccc2[nH]ccc2c1. The maximum absolute atomic E-state index is 10.4. The summed E-state index contributed by atoms with van der Waals surface area (Å²) >= 11 is 0. The normalized spacial score (nSPS) is 13.1. The Hall–Kier alpha value is -2.07. The van der Waals surface area contributed by atoms with E-state index < -0.39 is 6.10 Å². The van der Waals surface area contributed by atoms with E-state index in [-0.39, 0.29) is 0 Å². The van der Waals surface area contributed by atoms with Gasteiger partial charge >= 0.3 is 0 Å². The van der Waals surface area contributed by atoms with Crippen LogP contribution >= 0.6 is 0 Å². The lowest BCUT2D eigenvalue weighted by atomic mass is 10.0. The molecule has 18 heavy (non-hydrogen) atoms. The van der Waals surface area contributed by atoms with Gasteiger partial charge in [0.15, 0.2) is 0 Å². The highest BCUT2D eigenvalue weighted by molar-refractivity contribution is 5.80. The van der Waals surface area contributed by atoms with E-state index in [1.165, 1.54) is 0 Å². The smallest absolute Gasteiger partial charge is 0.107 e. The Balaban J connectivity index is 2.05. The van der Waals surface area contributed by atoms with E-state index in [2.05, 4.69) is 10.1 Å². The highest BCUT2D eigenvalue weighted by Crippen LogP contribution is 2.26. The zero-order valence-electron chi connectivity index (χ0n) is 10.4. The van der Waals surface area contributed by atoms with Crippen molar-refractivity contribution < 1.29 is 5.11 Å². The van der Waals surface area contributed by atoms with Crippen molar-refractivity contribution in [2.75, 3.05) is 0 Å². The predicted molar refractivity (Wildman–Crippen MR) is 70.3 cm³/mol. The number of H-pyrrole nitrogens is 1. The lowest BCUT2D eigenvalue weighted by molar-refractivity contribution is 0.219. The summed E-state index contributed by atoms with van der Waals surface area (Å²) in [6.45, 7) is 1.91. The quantitative estimate of drug-likeness (QED) is 0.723. The predicted octanol–water partition coefficient (Wildman–Crippen LogP) is 2.29. The molecule has 0 amide bonds. The van der Waals surface area contributed by atoms with E-state index in [0.717, 1.165) is 27.7 Å². The lowest BCUT2D eigenvalue weighted by Crippen LogP contribution is -2.00. The number of aromatic nitrogens is 3. The number of nitrogens with one attached hydrogen (secondary N) is 1. The molecule has 0 aliphatic rings. The molecule has 0 saturated heterocycles. The fraction of sp³-hybridized carbons (Fsp3) is 0.214. The number of hydrogen-bond donors (Lipinski definition) is 2. The van der Waals surface area contributed by atoms with E-state index in [0.29, 0.717) is 0 Å². The van der Waals surface area contributed by atoms with Crippen LogP contribution in [-0.2, 0) is 7.05 Å². The Bertz CT molecular complexity index is 696. The average molecular weight is 241 g/mol. The summed E-state index contributed by atoms with van der Waals surface area (Å²) in [4.78, 5) is 3.14. The molecule has 1 aromatic carbocycles. The van der Waals surface area contributed by atoms with Gasteiger partial charge in [0.2, 0.25) is 0 Å². The molecule has 0 bridgehead atoms.